The number of carbonyl (C=O) groups is 1. The Hall–Kier alpha value is -4.15. The number of carbonyl (C=O) groups excluding carboxylic acids is 1. The van der Waals surface area contributed by atoms with Gasteiger partial charge in [0.1, 0.15) is 5.82 Å². The first-order valence-electron chi connectivity index (χ1n) is 12.2. The number of fused-ring (bicyclic) bond motifs is 1. The maximum atomic E-state index is 14.0. The first-order valence-corrected chi connectivity index (χ1v) is 12.2. The first kappa shape index (κ1) is 25.5. The Morgan fingerprint density at radius 2 is 1.89 bits per heavy atom. The third-order valence-electron chi connectivity index (χ3n) is 6.19. The fourth-order valence-electron chi connectivity index (χ4n) is 4.22. The van der Waals surface area contributed by atoms with Crippen molar-refractivity contribution in [3.63, 3.8) is 0 Å². The highest BCUT2D eigenvalue weighted by molar-refractivity contribution is 5.96. The van der Waals surface area contributed by atoms with Gasteiger partial charge in [0.2, 0.25) is 0 Å². The van der Waals surface area contributed by atoms with Crippen molar-refractivity contribution in [2.24, 2.45) is 0 Å². The average molecular weight is 527 g/mol. The molecule has 0 unspecified atom stereocenters. The molecular weight excluding hydrogens is 500 g/mol. The Kier molecular flexibility index (Phi) is 6.68. The van der Waals surface area contributed by atoms with E-state index in [-0.39, 0.29) is 24.3 Å². The van der Waals surface area contributed by atoms with Gasteiger partial charge < -0.3 is 16.0 Å². The Morgan fingerprint density at radius 1 is 1.11 bits per heavy atom. The van der Waals surface area contributed by atoms with Crippen molar-refractivity contribution in [3.8, 4) is 11.3 Å². The van der Waals surface area contributed by atoms with Crippen LogP contribution in [0.15, 0.2) is 48.7 Å². The number of nitrogens with one attached hydrogen (secondary N) is 3. The zero-order valence-electron chi connectivity index (χ0n) is 20.8. The highest BCUT2D eigenvalue weighted by Crippen LogP contribution is 2.30. The number of halogens is 4. The van der Waals surface area contributed by atoms with Gasteiger partial charge in [0, 0.05) is 35.5 Å². The molecule has 1 fully saturated rings. The van der Waals surface area contributed by atoms with Crippen molar-refractivity contribution in [2.75, 3.05) is 17.2 Å². The molecule has 0 bridgehead atoms. The molecule has 1 saturated carbocycles. The van der Waals surface area contributed by atoms with Gasteiger partial charge in [0.25, 0.3) is 5.91 Å². The number of aromatic nitrogens is 3. The minimum Gasteiger partial charge on any atom is -0.382 e. The van der Waals surface area contributed by atoms with Crippen LogP contribution in [0.4, 0.5) is 34.8 Å². The van der Waals surface area contributed by atoms with E-state index in [1.54, 1.807) is 37.4 Å². The van der Waals surface area contributed by atoms with Crippen LogP contribution < -0.4 is 16.0 Å². The average Bonchev–Trinajstić information content (AvgIpc) is 3.52. The lowest BCUT2D eigenvalue weighted by molar-refractivity contribution is -0.131. The van der Waals surface area contributed by atoms with E-state index in [0.717, 1.165) is 24.0 Å². The van der Waals surface area contributed by atoms with E-state index < -0.39 is 18.4 Å². The summed E-state index contributed by atoms with van der Waals surface area (Å²) in [5.74, 6) is -0.268. The molecule has 0 atom stereocenters. The van der Waals surface area contributed by atoms with Gasteiger partial charge in [-0.3, -0.25) is 4.79 Å². The fraction of sp³-hybridized carbons (Fsp3) is 0.296. The Bertz CT molecular complexity index is 1490. The van der Waals surface area contributed by atoms with Crippen LogP contribution in [0.5, 0.6) is 0 Å². The van der Waals surface area contributed by atoms with Crippen LogP contribution in [0.2, 0.25) is 0 Å². The maximum absolute atomic E-state index is 14.0. The highest BCUT2D eigenvalue weighted by atomic mass is 19.4. The number of hydrogen-bond acceptors (Lipinski definition) is 5. The van der Waals surface area contributed by atoms with Crippen LogP contribution in [0.1, 0.15) is 40.7 Å². The third kappa shape index (κ3) is 5.87. The van der Waals surface area contributed by atoms with Crippen molar-refractivity contribution < 1.29 is 22.4 Å². The molecule has 2 heterocycles. The van der Waals surface area contributed by atoms with E-state index >= 15 is 0 Å². The lowest BCUT2D eigenvalue weighted by Crippen LogP contribution is -2.26. The number of nitrogens with zero attached hydrogens (tertiary/aromatic N) is 3. The molecule has 7 nitrogen and oxygen atoms in total. The van der Waals surface area contributed by atoms with Crippen molar-refractivity contribution in [1.29, 1.82) is 0 Å². The van der Waals surface area contributed by atoms with Gasteiger partial charge in [-0.2, -0.15) is 13.2 Å². The zero-order chi connectivity index (χ0) is 27.0. The third-order valence-corrected chi connectivity index (χ3v) is 6.19. The maximum Gasteiger partial charge on any atom is 0.390 e. The molecule has 38 heavy (non-hydrogen) atoms. The van der Waals surface area contributed by atoms with Crippen LogP contribution in [-0.4, -0.2) is 39.3 Å². The minimum atomic E-state index is -4.32. The monoisotopic (exact) mass is 526 g/mol. The van der Waals surface area contributed by atoms with Crippen LogP contribution in [-0.2, 0) is 0 Å². The number of imidazole rings is 1. The van der Waals surface area contributed by atoms with Crippen molar-refractivity contribution >= 4 is 28.7 Å². The molecule has 2 aromatic heterocycles. The lowest BCUT2D eigenvalue weighted by atomic mass is 10.0. The quantitative estimate of drug-likeness (QED) is 0.240. The topological polar surface area (TPSA) is 83.3 Å². The van der Waals surface area contributed by atoms with Crippen molar-refractivity contribution in [2.45, 2.75) is 45.3 Å². The van der Waals surface area contributed by atoms with Gasteiger partial charge in [-0.05, 0) is 68.1 Å². The van der Waals surface area contributed by atoms with Crippen LogP contribution >= 0.6 is 0 Å². The summed E-state index contributed by atoms with van der Waals surface area (Å²) in [6.07, 6.45) is -1.79. The molecule has 0 spiro atoms. The predicted molar refractivity (Wildman–Crippen MR) is 137 cm³/mol. The van der Waals surface area contributed by atoms with E-state index in [1.165, 1.54) is 16.6 Å². The summed E-state index contributed by atoms with van der Waals surface area (Å²) in [5, 5.41) is 13.4. The molecule has 1 aliphatic carbocycles. The number of amides is 1. The van der Waals surface area contributed by atoms with E-state index in [2.05, 4.69) is 26.0 Å². The molecule has 0 aliphatic heterocycles. The molecule has 4 aromatic rings. The molecule has 0 saturated heterocycles. The smallest absolute Gasteiger partial charge is 0.382 e. The molecule has 5 rings (SSSR count). The summed E-state index contributed by atoms with van der Waals surface area (Å²) in [5.41, 5.74) is 4.45. The number of anilines is 3. The second-order valence-corrected chi connectivity index (χ2v) is 9.53. The van der Waals surface area contributed by atoms with Crippen molar-refractivity contribution in [3.05, 3.63) is 71.2 Å². The van der Waals surface area contributed by atoms with E-state index in [4.69, 9.17) is 0 Å². The summed E-state index contributed by atoms with van der Waals surface area (Å²) in [4.78, 5) is 17.0. The second kappa shape index (κ2) is 9.96. The molecule has 1 aliphatic rings. The highest BCUT2D eigenvalue weighted by Gasteiger charge is 2.27. The van der Waals surface area contributed by atoms with Crippen LogP contribution in [0, 0.1) is 19.7 Å². The minimum absolute atomic E-state index is 0.124. The molecular formula is C27H26F4N6O. The van der Waals surface area contributed by atoms with Gasteiger partial charge in [0.15, 0.2) is 11.5 Å². The van der Waals surface area contributed by atoms with Gasteiger partial charge in [-0.1, -0.05) is 6.07 Å². The van der Waals surface area contributed by atoms with E-state index in [9.17, 15) is 22.4 Å². The largest absolute Gasteiger partial charge is 0.390 e. The number of aryl methyl sites for hydroxylation is 2. The molecule has 1 amide bonds. The second-order valence-electron chi connectivity index (χ2n) is 9.53. The van der Waals surface area contributed by atoms with Crippen LogP contribution in [0.3, 0.4) is 0 Å². The number of alkyl halides is 3. The Balaban J connectivity index is 1.52. The molecule has 2 aromatic carbocycles. The zero-order valence-corrected chi connectivity index (χ0v) is 20.8. The summed E-state index contributed by atoms with van der Waals surface area (Å²) in [6.45, 7) is 3.24. The number of hydrogen-bond donors (Lipinski definition) is 3. The molecule has 0 radical (unpaired) electrons. The first-order chi connectivity index (χ1) is 18.1. The Morgan fingerprint density at radius 3 is 2.58 bits per heavy atom. The van der Waals surface area contributed by atoms with E-state index in [0.29, 0.717) is 33.8 Å². The molecule has 11 heteroatoms. The van der Waals surface area contributed by atoms with Gasteiger partial charge in [-0.25, -0.2) is 13.9 Å². The SMILES string of the molecule is Cc1cc(F)cc(Nc2cc(NCCC(F)(F)F)c3ncc(-c4ccc(C(=O)NC5CC5)c(C)c4)n3n2)c1. The predicted octanol–water partition coefficient (Wildman–Crippen LogP) is 6.15. The van der Waals surface area contributed by atoms with Gasteiger partial charge in [0.05, 0.1) is 24.0 Å². The lowest BCUT2D eigenvalue weighted by Gasteiger charge is -2.14. The van der Waals surface area contributed by atoms with Gasteiger partial charge >= 0.3 is 6.18 Å². The Labute approximate surface area is 216 Å². The summed E-state index contributed by atoms with van der Waals surface area (Å²) in [7, 11) is 0. The number of benzene rings is 2. The van der Waals surface area contributed by atoms with Crippen LogP contribution in [0.25, 0.3) is 16.9 Å². The normalized spacial score (nSPS) is 13.5. The fourth-order valence-corrected chi connectivity index (χ4v) is 4.22. The standard InChI is InChI=1S/C27H26F4N6O/c1-15-9-18(28)12-20(10-15)34-24-13-22(32-8-7-27(29,30)31)25-33-14-23(37(25)36-24)17-3-6-21(16(2)11-17)26(38)35-19-4-5-19/h3,6,9-14,19,32H,4-5,7-8H2,1-2H3,(H,34,36)(H,35,38). The van der Waals surface area contributed by atoms with Crippen molar-refractivity contribution in [1.82, 2.24) is 19.9 Å². The molecule has 3 N–H and O–H groups in total. The van der Waals surface area contributed by atoms with Gasteiger partial charge in [-0.15, -0.1) is 5.10 Å². The summed E-state index contributed by atoms with van der Waals surface area (Å²) in [6, 6.07) is 11.6. The van der Waals surface area contributed by atoms with E-state index in [1.807, 2.05) is 13.0 Å². The number of rotatable bonds is 8. The summed E-state index contributed by atoms with van der Waals surface area (Å²) < 4.78 is 53.8. The molecule has 198 valence electrons. The summed E-state index contributed by atoms with van der Waals surface area (Å²) >= 11 is 0.